The Kier molecular flexibility index (Phi) is 4.85. The highest BCUT2D eigenvalue weighted by Crippen LogP contribution is 2.38. The topological polar surface area (TPSA) is 64.3 Å². The first-order chi connectivity index (χ1) is 9.11. The third-order valence-corrected chi connectivity index (χ3v) is 5.18. The van der Waals surface area contributed by atoms with E-state index in [0.29, 0.717) is 6.54 Å². The van der Waals surface area contributed by atoms with Gasteiger partial charge in [0.2, 0.25) is 5.91 Å². The van der Waals surface area contributed by atoms with Gasteiger partial charge in [-0.2, -0.15) is 0 Å². The second kappa shape index (κ2) is 6.23. The molecule has 0 radical (unpaired) electrons. The van der Waals surface area contributed by atoms with E-state index in [2.05, 4.69) is 12.2 Å². The smallest absolute Gasteiger partial charge is 0.227 e. The van der Waals surface area contributed by atoms with E-state index >= 15 is 0 Å². The van der Waals surface area contributed by atoms with Gasteiger partial charge in [0.15, 0.2) is 0 Å². The molecular weight excluding hydrogens is 240 g/mol. The number of carbonyl (C=O) groups excluding carboxylic acids is 1. The Bertz CT molecular complexity index is 311. The molecule has 2 atom stereocenters. The lowest BCUT2D eigenvalue weighted by Crippen LogP contribution is -2.52. The first kappa shape index (κ1) is 14.8. The predicted molar refractivity (Wildman–Crippen MR) is 75.7 cm³/mol. The molecule has 1 amide bonds. The highest BCUT2D eigenvalue weighted by molar-refractivity contribution is 5.83. The summed E-state index contributed by atoms with van der Waals surface area (Å²) in [6, 6.07) is 0.181. The number of carbonyl (C=O) groups is 1. The number of hydrogen-bond acceptors (Lipinski definition) is 3. The molecule has 2 saturated carbocycles. The Hall–Kier alpha value is -0.610. The van der Waals surface area contributed by atoms with Crippen molar-refractivity contribution in [3.8, 4) is 0 Å². The van der Waals surface area contributed by atoms with Crippen molar-refractivity contribution in [3.05, 3.63) is 0 Å². The summed E-state index contributed by atoms with van der Waals surface area (Å²) in [5, 5.41) is 3.21. The van der Waals surface area contributed by atoms with Gasteiger partial charge in [0.05, 0.1) is 17.6 Å². The maximum Gasteiger partial charge on any atom is 0.227 e. The molecule has 2 rings (SSSR count). The van der Waals surface area contributed by atoms with Crippen LogP contribution in [0.25, 0.3) is 0 Å². The van der Waals surface area contributed by atoms with E-state index in [9.17, 15) is 4.79 Å². The lowest BCUT2D eigenvalue weighted by molar-refractivity contribution is -0.134. The van der Waals surface area contributed by atoms with Crippen LogP contribution in [0.2, 0.25) is 0 Å². The van der Waals surface area contributed by atoms with Crippen molar-refractivity contribution in [1.82, 2.24) is 5.32 Å². The van der Waals surface area contributed by atoms with Gasteiger partial charge in [-0.3, -0.25) is 4.79 Å². The summed E-state index contributed by atoms with van der Waals surface area (Å²) in [4.78, 5) is 12.6. The molecule has 2 aliphatic carbocycles. The van der Waals surface area contributed by atoms with E-state index in [1.807, 2.05) is 0 Å². The Balaban J connectivity index is 1.97. The zero-order chi connectivity index (χ0) is 13.9. The largest absolute Gasteiger partial charge is 0.379 e. The van der Waals surface area contributed by atoms with Crippen LogP contribution < -0.4 is 11.1 Å². The van der Waals surface area contributed by atoms with Crippen LogP contribution in [0.4, 0.5) is 0 Å². The average Bonchev–Trinajstić information content (AvgIpc) is 2.87. The van der Waals surface area contributed by atoms with Crippen LogP contribution in [0.15, 0.2) is 0 Å². The van der Waals surface area contributed by atoms with Gasteiger partial charge in [-0.25, -0.2) is 0 Å². The van der Waals surface area contributed by atoms with Crippen molar-refractivity contribution in [2.75, 3.05) is 13.7 Å². The van der Waals surface area contributed by atoms with Gasteiger partial charge in [0, 0.05) is 13.7 Å². The standard InChI is InChI=1S/C15H28N2O2/c1-11-6-8-15(10-16,9-7-11)14(18)17-12-4-3-5-13(12)19-2/h11-13H,3-10,16H2,1-2H3,(H,17,18). The summed E-state index contributed by atoms with van der Waals surface area (Å²) >= 11 is 0. The second-order valence-corrected chi connectivity index (χ2v) is 6.45. The summed E-state index contributed by atoms with van der Waals surface area (Å²) in [6.45, 7) is 2.73. The Morgan fingerprint density at radius 1 is 1.32 bits per heavy atom. The monoisotopic (exact) mass is 268 g/mol. The quantitative estimate of drug-likeness (QED) is 0.817. The van der Waals surface area contributed by atoms with E-state index in [1.165, 1.54) is 0 Å². The van der Waals surface area contributed by atoms with Crippen LogP contribution in [0.1, 0.15) is 51.9 Å². The maximum absolute atomic E-state index is 12.6. The number of rotatable bonds is 4. The third kappa shape index (κ3) is 3.11. The zero-order valence-electron chi connectivity index (χ0n) is 12.3. The number of nitrogens with two attached hydrogens (primary N) is 1. The van der Waals surface area contributed by atoms with Gasteiger partial charge in [0.1, 0.15) is 0 Å². The normalized spacial score (nSPS) is 39.2. The van der Waals surface area contributed by atoms with Crippen LogP contribution in [-0.4, -0.2) is 31.7 Å². The summed E-state index contributed by atoms with van der Waals surface area (Å²) in [5.74, 6) is 0.890. The minimum absolute atomic E-state index is 0.163. The molecule has 4 heteroatoms. The summed E-state index contributed by atoms with van der Waals surface area (Å²) in [7, 11) is 1.73. The minimum Gasteiger partial charge on any atom is -0.379 e. The molecule has 0 aromatic carbocycles. The Labute approximate surface area is 116 Å². The zero-order valence-corrected chi connectivity index (χ0v) is 12.3. The third-order valence-electron chi connectivity index (χ3n) is 5.18. The van der Waals surface area contributed by atoms with Crippen molar-refractivity contribution in [2.24, 2.45) is 17.1 Å². The Morgan fingerprint density at radius 3 is 2.58 bits per heavy atom. The second-order valence-electron chi connectivity index (χ2n) is 6.45. The van der Waals surface area contributed by atoms with Crippen molar-refractivity contribution in [2.45, 2.75) is 64.0 Å². The van der Waals surface area contributed by atoms with Crippen LogP contribution in [0, 0.1) is 11.3 Å². The molecule has 0 saturated heterocycles. The summed E-state index contributed by atoms with van der Waals surface area (Å²) in [6.07, 6.45) is 7.49. The van der Waals surface area contributed by atoms with Gasteiger partial charge in [-0.1, -0.05) is 6.92 Å². The maximum atomic E-state index is 12.6. The highest BCUT2D eigenvalue weighted by atomic mass is 16.5. The van der Waals surface area contributed by atoms with E-state index in [1.54, 1.807) is 7.11 Å². The van der Waals surface area contributed by atoms with Crippen LogP contribution in [0.5, 0.6) is 0 Å². The molecular formula is C15H28N2O2. The minimum atomic E-state index is -0.326. The van der Waals surface area contributed by atoms with Gasteiger partial charge in [0.25, 0.3) is 0 Å². The average molecular weight is 268 g/mol. The van der Waals surface area contributed by atoms with Crippen LogP contribution >= 0.6 is 0 Å². The molecule has 19 heavy (non-hydrogen) atoms. The van der Waals surface area contributed by atoms with E-state index < -0.39 is 0 Å². The Morgan fingerprint density at radius 2 is 2.00 bits per heavy atom. The van der Waals surface area contributed by atoms with Crippen molar-refractivity contribution >= 4 is 5.91 Å². The molecule has 2 aliphatic rings. The molecule has 0 spiro atoms. The summed E-state index contributed by atoms with van der Waals surface area (Å²) < 4.78 is 5.45. The van der Waals surface area contributed by atoms with E-state index in [0.717, 1.165) is 50.9 Å². The molecule has 2 fully saturated rings. The van der Waals surface area contributed by atoms with Gasteiger partial charge in [-0.15, -0.1) is 0 Å². The van der Waals surface area contributed by atoms with Crippen molar-refractivity contribution in [3.63, 3.8) is 0 Å². The summed E-state index contributed by atoms with van der Waals surface area (Å²) in [5.41, 5.74) is 5.61. The molecule has 0 aromatic heterocycles. The molecule has 2 unspecified atom stereocenters. The number of ether oxygens (including phenoxy) is 1. The number of hydrogen-bond donors (Lipinski definition) is 2. The highest BCUT2D eigenvalue weighted by Gasteiger charge is 2.41. The SMILES string of the molecule is COC1CCCC1NC(=O)C1(CN)CCC(C)CC1. The van der Waals surface area contributed by atoms with Gasteiger partial charge in [-0.05, 0) is 50.9 Å². The van der Waals surface area contributed by atoms with Gasteiger partial charge < -0.3 is 15.8 Å². The number of methoxy groups -OCH3 is 1. The lowest BCUT2D eigenvalue weighted by Gasteiger charge is -2.38. The molecule has 0 bridgehead atoms. The first-order valence-electron chi connectivity index (χ1n) is 7.65. The molecule has 0 aliphatic heterocycles. The van der Waals surface area contributed by atoms with Crippen molar-refractivity contribution < 1.29 is 9.53 Å². The fourth-order valence-corrected chi connectivity index (χ4v) is 3.53. The molecule has 0 heterocycles. The number of amides is 1. The fourth-order valence-electron chi connectivity index (χ4n) is 3.53. The fraction of sp³-hybridized carbons (Fsp3) is 0.933. The molecule has 0 aromatic rings. The van der Waals surface area contributed by atoms with Crippen LogP contribution in [0.3, 0.4) is 0 Å². The molecule has 3 N–H and O–H groups in total. The first-order valence-corrected chi connectivity index (χ1v) is 7.65. The van der Waals surface area contributed by atoms with Crippen molar-refractivity contribution in [1.29, 1.82) is 0 Å². The molecule has 110 valence electrons. The predicted octanol–water partition coefficient (Wildman–Crippen LogP) is 1.83. The lowest BCUT2D eigenvalue weighted by atomic mass is 9.70. The molecule has 4 nitrogen and oxygen atoms in total. The van der Waals surface area contributed by atoms with E-state index in [-0.39, 0.29) is 23.5 Å². The van der Waals surface area contributed by atoms with Crippen LogP contribution in [-0.2, 0) is 9.53 Å². The number of nitrogens with one attached hydrogen (secondary N) is 1. The van der Waals surface area contributed by atoms with E-state index in [4.69, 9.17) is 10.5 Å². The van der Waals surface area contributed by atoms with Gasteiger partial charge >= 0.3 is 0 Å².